The molecule has 8 nitrogen and oxygen atoms in total. The highest BCUT2D eigenvalue weighted by Crippen LogP contribution is 2.31. The van der Waals surface area contributed by atoms with E-state index in [0.29, 0.717) is 17.1 Å². The summed E-state index contributed by atoms with van der Waals surface area (Å²) in [4.78, 5) is 31.0. The largest absolute Gasteiger partial charge is 0.494 e. The molecule has 0 N–H and O–H groups in total. The molecule has 9 heteroatoms. The smallest absolute Gasteiger partial charge is 0.293 e. The molecule has 1 saturated heterocycles. The quantitative estimate of drug-likeness (QED) is 0.307. The van der Waals surface area contributed by atoms with Gasteiger partial charge < -0.3 is 14.2 Å². The third kappa shape index (κ3) is 4.76. The zero-order valence-electron chi connectivity index (χ0n) is 18.3. The molecule has 33 heavy (non-hydrogen) atoms. The Morgan fingerprint density at radius 2 is 2.03 bits per heavy atom. The van der Waals surface area contributed by atoms with Crippen LogP contribution >= 0.6 is 11.3 Å². The molecule has 1 amide bonds. The molecule has 0 atom stereocenters. The monoisotopic (exact) mass is 464 g/mol. The number of carbonyl (C=O) groups excluding carboxylic acids is 1. The molecule has 1 fully saturated rings. The van der Waals surface area contributed by atoms with Gasteiger partial charge >= 0.3 is 0 Å². The van der Waals surface area contributed by atoms with Crippen molar-refractivity contribution in [3.63, 3.8) is 0 Å². The second kappa shape index (κ2) is 9.88. The van der Waals surface area contributed by atoms with Crippen molar-refractivity contribution in [3.05, 3.63) is 56.9 Å². The van der Waals surface area contributed by atoms with E-state index in [1.165, 1.54) is 17.4 Å². The van der Waals surface area contributed by atoms with Gasteiger partial charge in [0.2, 0.25) is 0 Å². The number of terminal acetylenes is 1. The number of hydrogen-bond acceptors (Lipinski definition) is 6. The van der Waals surface area contributed by atoms with Gasteiger partial charge in [0.05, 0.1) is 28.3 Å². The average Bonchev–Trinajstić information content (AvgIpc) is 3.15. The molecule has 4 rings (SSSR count). The maximum Gasteiger partial charge on any atom is 0.293 e. The molecule has 0 unspecified atom stereocenters. The number of carbonyl (C=O) groups is 1. The van der Waals surface area contributed by atoms with Gasteiger partial charge in [-0.15, -0.1) is 6.42 Å². The SMILES string of the molecule is C#CCn1c(=NC(=O)c2ccc(N3CCCCC3)c([N+](=O)[O-])c2)sc2cc(OCC)ccc21. The van der Waals surface area contributed by atoms with Crippen molar-refractivity contribution < 1.29 is 14.5 Å². The third-order valence-electron chi connectivity index (χ3n) is 5.53. The Labute approximate surface area is 195 Å². The number of rotatable bonds is 6. The van der Waals surface area contributed by atoms with Gasteiger partial charge in [-0.25, -0.2) is 0 Å². The maximum atomic E-state index is 13.0. The number of benzene rings is 2. The van der Waals surface area contributed by atoms with Crippen LogP contribution < -0.4 is 14.4 Å². The van der Waals surface area contributed by atoms with Crippen LogP contribution in [0.5, 0.6) is 5.75 Å². The first-order chi connectivity index (χ1) is 16.0. The molecule has 0 saturated carbocycles. The number of amides is 1. The van der Waals surface area contributed by atoms with Gasteiger partial charge in [-0.3, -0.25) is 14.9 Å². The van der Waals surface area contributed by atoms with E-state index in [1.807, 2.05) is 30.0 Å². The summed E-state index contributed by atoms with van der Waals surface area (Å²) in [6, 6.07) is 10.2. The summed E-state index contributed by atoms with van der Waals surface area (Å²) >= 11 is 1.32. The molecule has 3 aromatic rings. The number of nitro benzene ring substituents is 1. The van der Waals surface area contributed by atoms with Crippen molar-refractivity contribution in [3.8, 4) is 18.1 Å². The van der Waals surface area contributed by atoms with Crippen LogP contribution in [0, 0.1) is 22.5 Å². The van der Waals surface area contributed by atoms with Crippen LogP contribution in [0.15, 0.2) is 41.4 Å². The summed E-state index contributed by atoms with van der Waals surface area (Å²) in [5.74, 6) is 2.77. The van der Waals surface area contributed by atoms with E-state index < -0.39 is 10.8 Å². The van der Waals surface area contributed by atoms with Crippen molar-refractivity contribution in [1.29, 1.82) is 0 Å². The van der Waals surface area contributed by atoms with Crippen LogP contribution in [0.3, 0.4) is 0 Å². The Balaban J connectivity index is 1.74. The van der Waals surface area contributed by atoms with Crippen molar-refractivity contribution in [2.24, 2.45) is 4.99 Å². The summed E-state index contributed by atoms with van der Waals surface area (Å²) in [6.45, 7) is 4.25. The lowest BCUT2D eigenvalue weighted by atomic mass is 10.1. The molecule has 1 aliphatic rings. The summed E-state index contributed by atoms with van der Waals surface area (Å²) < 4.78 is 8.23. The maximum absolute atomic E-state index is 13.0. The molecule has 2 heterocycles. The number of anilines is 1. The minimum absolute atomic E-state index is 0.0767. The molecule has 1 aliphatic heterocycles. The predicted molar refractivity (Wildman–Crippen MR) is 129 cm³/mol. The molecule has 0 radical (unpaired) electrons. The van der Waals surface area contributed by atoms with Crippen LogP contribution in [-0.4, -0.2) is 35.1 Å². The number of fused-ring (bicyclic) bond motifs is 1. The standard InChI is InChI=1S/C24H24N4O4S/c1-3-12-27-20-11-9-18(32-4-2)16-22(20)33-24(27)25-23(29)17-8-10-19(21(15-17)28(30)31)26-13-6-5-7-14-26/h1,8-11,15-16H,4-7,12-14H2,2H3. The van der Waals surface area contributed by atoms with Gasteiger partial charge in [0.15, 0.2) is 4.80 Å². The van der Waals surface area contributed by atoms with E-state index in [-0.39, 0.29) is 17.8 Å². The third-order valence-corrected chi connectivity index (χ3v) is 6.57. The number of nitro groups is 1. The Kier molecular flexibility index (Phi) is 6.75. The number of hydrogen-bond donors (Lipinski definition) is 0. The highest BCUT2D eigenvalue weighted by molar-refractivity contribution is 7.16. The first-order valence-corrected chi connectivity index (χ1v) is 11.7. The van der Waals surface area contributed by atoms with Crippen LogP contribution in [0.2, 0.25) is 0 Å². The Morgan fingerprint density at radius 3 is 2.73 bits per heavy atom. The average molecular weight is 465 g/mol. The molecule has 0 aliphatic carbocycles. The minimum Gasteiger partial charge on any atom is -0.494 e. The van der Waals surface area contributed by atoms with Crippen molar-refractivity contribution in [2.75, 3.05) is 24.6 Å². The van der Waals surface area contributed by atoms with Crippen molar-refractivity contribution >= 4 is 38.8 Å². The number of nitrogens with zero attached hydrogens (tertiary/aromatic N) is 4. The van der Waals surface area contributed by atoms with Gasteiger partial charge in [-0.2, -0.15) is 4.99 Å². The molecular weight excluding hydrogens is 440 g/mol. The molecule has 0 spiro atoms. The van der Waals surface area contributed by atoms with E-state index in [1.54, 1.807) is 16.7 Å². The first kappa shape index (κ1) is 22.6. The van der Waals surface area contributed by atoms with Crippen LogP contribution in [0.1, 0.15) is 36.5 Å². The van der Waals surface area contributed by atoms with Gasteiger partial charge in [-0.1, -0.05) is 17.3 Å². The van der Waals surface area contributed by atoms with Crippen LogP contribution in [0.25, 0.3) is 10.2 Å². The predicted octanol–water partition coefficient (Wildman–Crippen LogP) is 4.37. The van der Waals surface area contributed by atoms with Crippen LogP contribution in [-0.2, 0) is 6.54 Å². The van der Waals surface area contributed by atoms with Crippen LogP contribution in [0.4, 0.5) is 11.4 Å². The minimum atomic E-state index is -0.550. The van der Waals surface area contributed by atoms with Gasteiger partial charge in [0.25, 0.3) is 11.6 Å². The molecule has 1 aromatic heterocycles. The summed E-state index contributed by atoms with van der Waals surface area (Å²) in [5, 5.41) is 11.7. The fraction of sp³-hybridized carbons (Fsp3) is 0.333. The number of aromatic nitrogens is 1. The first-order valence-electron chi connectivity index (χ1n) is 10.8. The Bertz CT molecular complexity index is 1310. The number of ether oxygens (including phenoxy) is 1. The fourth-order valence-corrected chi connectivity index (χ4v) is 5.05. The topological polar surface area (TPSA) is 90.0 Å². The molecular formula is C24H24N4O4S. The van der Waals surface area contributed by atoms with E-state index in [0.717, 1.165) is 48.3 Å². The molecule has 0 bridgehead atoms. The van der Waals surface area contributed by atoms with Gasteiger partial charge in [-0.05, 0) is 56.5 Å². The zero-order valence-corrected chi connectivity index (χ0v) is 19.1. The molecule has 2 aromatic carbocycles. The van der Waals surface area contributed by atoms with E-state index in [9.17, 15) is 14.9 Å². The second-order valence-electron chi connectivity index (χ2n) is 7.66. The van der Waals surface area contributed by atoms with Crippen molar-refractivity contribution in [1.82, 2.24) is 4.57 Å². The fourth-order valence-electron chi connectivity index (χ4n) is 4.00. The Morgan fingerprint density at radius 1 is 1.24 bits per heavy atom. The normalized spacial score (nSPS) is 14.3. The summed E-state index contributed by atoms with van der Waals surface area (Å²) in [5.41, 5.74) is 1.48. The summed E-state index contributed by atoms with van der Waals surface area (Å²) in [6.07, 6.45) is 8.66. The lowest BCUT2D eigenvalue weighted by Gasteiger charge is -2.28. The second-order valence-corrected chi connectivity index (χ2v) is 8.67. The molecule has 170 valence electrons. The zero-order chi connectivity index (χ0) is 23.4. The van der Waals surface area contributed by atoms with E-state index in [4.69, 9.17) is 11.2 Å². The highest BCUT2D eigenvalue weighted by Gasteiger charge is 2.23. The summed E-state index contributed by atoms with van der Waals surface area (Å²) in [7, 11) is 0. The van der Waals surface area contributed by atoms with E-state index in [2.05, 4.69) is 10.9 Å². The number of piperidine rings is 1. The highest BCUT2D eigenvalue weighted by atomic mass is 32.1. The van der Waals surface area contributed by atoms with Gasteiger partial charge in [0, 0.05) is 24.7 Å². The lowest BCUT2D eigenvalue weighted by molar-refractivity contribution is -0.384. The number of thiazole rings is 1. The van der Waals surface area contributed by atoms with Crippen molar-refractivity contribution in [2.45, 2.75) is 32.7 Å². The Hall–Kier alpha value is -3.64. The van der Waals surface area contributed by atoms with Gasteiger partial charge in [0.1, 0.15) is 11.4 Å². The van der Waals surface area contributed by atoms with E-state index >= 15 is 0 Å². The lowest BCUT2D eigenvalue weighted by Crippen LogP contribution is -2.30.